The predicted molar refractivity (Wildman–Crippen MR) is 102 cm³/mol. The number of benzene rings is 1. The summed E-state index contributed by atoms with van der Waals surface area (Å²) in [6.07, 6.45) is 0.206. The van der Waals surface area contributed by atoms with Gasteiger partial charge in [-0.15, -0.1) is 0 Å². The molecule has 1 aromatic heterocycles. The normalized spacial score (nSPS) is 15.4. The highest BCUT2D eigenvalue weighted by Gasteiger charge is 2.28. The highest BCUT2D eigenvalue weighted by atomic mass is 32.2. The number of hydrogen-bond acceptors (Lipinski definition) is 5. The molecule has 1 unspecified atom stereocenters. The molecule has 1 aliphatic heterocycles. The minimum Gasteiger partial charge on any atom is -0.326 e. The number of aryl methyl sites for hydroxylation is 1. The fraction of sp³-hybridized carbons (Fsp3) is 0.333. The Bertz CT molecular complexity index is 921. The molecule has 136 valence electrons. The first-order valence-electron chi connectivity index (χ1n) is 8.25. The molecule has 2 heterocycles. The third-order valence-electron chi connectivity index (χ3n) is 4.23. The van der Waals surface area contributed by atoms with Gasteiger partial charge < -0.3 is 10.6 Å². The van der Waals surface area contributed by atoms with Gasteiger partial charge in [-0.1, -0.05) is 11.8 Å². The number of fused-ring (bicyclic) bond motifs is 1. The Labute approximate surface area is 155 Å². The van der Waals surface area contributed by atoms with Crippen molar-refractivity contribution in [3.05, 3.63) is 45.9 Å². The van der Waals surface area contributed by atoms with Crippen LogP contribution in [0, 0.1) is 13.8 Å². The number of amides is 2. The maximum atomic E-state index is 12.5. The molecular formula is C18H20N4O3S. The SMILES string of the molecule is CC(=O)Nc1ccc(NC(=O)CC2CSc3nc(C)c(C)c(=O)n32)cc1. The Morgan fingerprint density at radius 2 is 1.81 bits per heavy atom. The van der Waals surface area contributed by atoms with Gasteiger partial charge in [0, 0.05) is 41.7 Å². The lowest BCUT2D eigenvalue weighted by Gasteiger charge is -2.14. The molecule has 2 aromatic rings. The van der Waals surface area contributed by atoms with Gasteiger partial charge in [0.1, 0.15) is 0 Å². The minimum atomic E-state index is -0.201. The summed E-state index contributed by atoms with van der Waals surface area (Å²) in [5, 5.41) is 6.18. The van der Waals surface area contributed by atoms with E-state index in [0.717, 1.165) is 5.69 Å². The first kappa shape index (κ1) is 18.2. The fourth-order valence-electron chi connectivity index (χ4n) is 2.79. The number of hydrogen-bond donors (Lipinski definition) is 2. The van der Waals surface area contributed by atoms with Crippen LogP contribution in [0.2, 0.25) is 0 Å². The Kier molecular flexibility index (Phi) is 5.13. The van der Waals surface area contributed by atoms with Crippen LogP contribution < -0.4 is 16.2 Å². The summed E-state index contributed by atoms with van der Waals surface area (Å²) in [4.78, 5) is 40.4. The van der Waals surface area contributed by atoms with Crippen molar-refractivity contribution >= 4 is 35.0 Å². The number of thioether (sulfide) groups is 1. The zero-order valence-corrected chi connectivity index (χ0v) is 15.6. The zero-order valence-electron chi connectivity index (χ0n) is 14.8. The van der Waals surface area contributed by atoms with Crippen molar-refractivity contribution in [2.45, 2.75) is 38.4 Å². The van der Waals surface area contributed by atoms with E-state index in [-0.39, 0.29) is 29.8 Å². The molecule has 0 saturated heterocycles. The van der Waals surface area contributed by atoms with E-state index in [1.165, 1.54) is 18.7 Å². The van der Waals surface area contributed by atoms with Crippen molar-refractivity contribution in [3.63, 3.8) is 0 Å². The Balaban J connectivity index is 1.68. The summed E-state index contributed by atoms with van der Waals surface area (Å²) in [5.41, 5.74) is 2.59. The molecule has 0 fully saturated rings. The van der Waals surface area contributed by atoms with E-state index < -0.39 is 0 Å². The molecule has 0 saturated carbocycles. The molecule has 0 spiro atoms. The second-order valence-electron chi connectivity index (χ2n) is 6.26. The maximum absolute atomic E-state index is 12.5. The van der Waals surface area contributed by atoms with Gasteiger partial charge in [0.05, 0.1) is 6.04 Å². The summed E-state index contributed by atoms with van der Waals surface area (Å²) >= 11 is 1.50. The lowest BCUT2D eigenvalue weighted by atomic mass is 10.2. The smallest absolute Gasteiger partial charge is 0.257 e. The number of nitrogens with one attached hydrogen (secondary N) is 2. The highest BCUT2D eigenvalue weighted by Crippen LogP contribution is 2.32. The van der Waals surface area contributed by atoms with Crippen molar-refractivity contribution in [1.29, 1.82) is 0 Å². The predicted octanol–water partition coefficient (Wildman–Crippen LogP) is 2.49. The van der Waals surface area contributed by atoms with E-state index in [0.29, 0.717) is 27.8 Å². The van der Waals surface area contributed by atoms with Crippen LogP contribution in [-0.2, 0) is 9.59 Å². The number of aromatic nitrogens is 2. The lowest BCUT2D eigenvalue weighted by molar-refractivity contribution is -0.117. The number of anilines is 2. The van der Waals surface area contributed by atoms with E-state index in [4.69, 9.17) is 0 Å². The number of carbonyl (C=O) groups is 2. The molecule has 3 rings (SSSR count). The van der Waals surface area contributed by atoms with Gasteiger partial charge in [0.2, 0.25) is 11.8 Å². The molecule has 7 nitrogen and oxygen atoms in total. The molecule has 1 aliphatic rings. The molecule has 8 heteroatoms. The van der Waals surface area contributed by atoms with Crippen molar-refractivity contribution in [2.24, 2.45) is 0 Å². The van der Waals surface area contributed by atoms with Gasteiger partial charge in [-0.3, -0.25) is 19.0 Å². The van der Waals surface area contributed by atoms with E-state index in [2.05, 4.69) is 15.6 Å². The molecule has 0 radical (unpaired) electrons. The van der Waals surface area contributed by atoms with Gasteiger partial charge >= 0.3 is 0 Å². The third-order valence-corrected chi connectivity index (χ3v) is 5.33. The van der Waals surface area contributed by atoms with E-state index in [1.807, 2.05) is 6.92 Å². The van der Waals surface area contributed by atoms with E-state index >= 15 is 0 Å². The Morgan fingerprint density at radius 3 is 2.42 bits per heavy atom. The summed E-state index contributed by atoms with van der Waals surface area (Å²) in [6.45, 7) is 5.02. The molecule has 1 aromatic carbocycles. The van der Waals surface area contributed by atoms with Crippen molar-refractivity contribution < 1.29 is 9.59 Å². The van der Waals surface area contributed by atoms with Crippen LogP contribution >= 0.6 is 11.8 Å². The van der Waals surface area contributed by atoms with Gasteiger partial charge in [-0.05, 0) is 38.1 Å². The lowest BCUT2D eigenvalue weighted by Crippen LogP contribution is -2.29. The molecule has 0 bridgehead atoms. The second-order valence-corrected chi connectivity index (χ2v) is 7.24. The summed E-state index contributed by atoms with van der Waals surface area (Å²) in [7, 11) is 0. The molecule has 26 heavy (non-hydrogen) atoms. The van der Waals surface area contributed by atoms with Crippen LogP contribution in [0.5, 0.6) is 0 Å². The van der Waals surface area contributed by atoms with Gasteiger partial charge in [0.25, 0.3) is 5.56 Å². The number of carbonyl (C=O) groups excluding carboxylic acids is 2. The Morgan fingerprint density at radius 1 is 1.19 bits per heavy atom. The van der Waals surface area contributed by atoms with Crippen LogP contribution in [-0.4, -0.2) is 27.1 Å². The Hall–Kier alpha value is -2.61. The molecule has 2 amide bonds. The van der Waals surface area contributed by atoms with Crippen LogP contribution in [0.15, 0.2) is 34.2 Å². The molecule has 0 aliphatic carbocycles. The van der Waals surface area contributed by atoms with E-state index in [1.54, 1.807) is 35.8 Å². The van der Waals surface area contributed by atoms with Crippen molar-refractivity contribution in [2.75, 3.05) is 16.4 Å². The van der Waals surface area contributed by atoms with Gasteiger partial charge in [-0.2, -0.15) is 0 Å². The maximum Gasteiger partial charge on any atom is 0.257 e. The quantitative estimate of drug-likeness (QED) is 0.805. The molecular weight excluding hydrogens is 352 g/mol. The standard InChI is InChI=1S/C18H20N4O3S/c1-10-11(2)19-18-22(17(10)25)15(9-26-18)8-16(24)21-14-6-4-13(5-7-14)20-12(3)23/h4-7,15H,8-9H2,1-3H3,(H,20,23)(H,21,24). The number of rotatable bonds is 4. The van der Waals surface area contributed by atoms with E-state index in [9.17, 15) is 14.4 Å². The monoisotopic (exact) mass is 372 g/mol. The second kappa shape index (κ2) is 7.33. The molecule has 1 atom stereocenters. The van der Waals surface area contributed by atoms with Crippen LogP contribution in [0.1, 0.15) is 30.6 Å². The summed E-state index contributed by atoms with van der Waals surface area (Å²) < 4.78 is 1.63. The topological polar surface area (TPSA) is 93.1 Å². The largest absolute Gasteiger partial charge is 0.326 e. The highest BCUT2D eigenvalue weighted by molar-refractivity contribution is 7.99. The van der Waals surface area contributed by atoms with Gasteiger partial charge in [-0.25, -0.2) is 4.98 Å². The van der Waals surface area contributed by atoms with Gasteiger partial charge in [0.15, 0.2) is 5.16 Å². The van der Waals surface area contributed by atoms with Crippen LogP contribution in [0.3, 0.4) is 0 Å². The first-order valence-corrected chi connectivity index (χ1v) is 9.23. The fourth-order valence-corrected chi connectivity index (χ4v) is 3.97. The van der Waals surface area contributed by atoms with Crippen LogP contribution in [0.4, 0.5) is 11.4 Å². The first-order chi connectivity index (χ1) is 12.3. The minimum absolute atomic E-state index is 0.0741. The van der Waals surface area contributed by atoms with Crippen molar-refractivity contribution in [3.8, 4) is 0 Å². The van der Waals surface area contributed by atoms with Crippen LogP contribution in [0.25, 0.3) is 0 Å². The van der Waals surface area contributed by atoms with Crippen molar-refractivity contribution in [1.82, 2.24) is 9.55 Å². The summed E-state index contributed by atoms with van der Waals surface area (Å²) in [6, 6.07) is 6.69. The zero-order chi connectivity index (χ0) is 18.8. The summed E-state index contributed by atoms with van der Waals surface area (Å²) in [5.74, 6) is 0.338. The molecule has 2 N–H and O–H groups in total. The number of nitrogens with zero attached hydrogens (tertiary/aromatic N) is 2. The average Bonchev–Trinajstić information content (AvgIpc) is 2.96. The third kappa shape index (κ3) is 3.80. The average molecular weight is 372 g/mol.